The molecule has 0 bridgehead atoms. The molecule has 1 heterocycles. The van der Waals surface area contributed by atoms with E-state index in [1.54, 1.807) is 6.92 Å². The maximum atomic E-state index is 13.8. The minimum atomic E-state index is -0.894. The summed E-state index contributed by atoms with van der Waals surface area (Å²) in [4.78, 5) is 65.8. The Morgan fingerprint density at radius 3 is 1.70 bits per heavy atom. The summed E-state index contributed by atoms with van der Waals surface area (Å²) in [7, 11) is 0. The van der Waals surface area contributed by atoms with E-state index in [-0.39, 0.29) is 53.0 Å². The molecule has 1 aromatic heterocycles. The zero-order chi connectivity index (χ0) is 35.8. The van der Waals surface area contributed by atoms with Crippen LogP contribution in [0.4, 0.5) is 0 Å². The van der Waals surface area contributed by atoms with E-state index in [1.165, 1.54) is 24.5 Å². The van der Waals surface area contributed by atoms with E-state index in [9.17, 15) is 29.2 Å². The molecule has 13 nitrogen and oxygen atoms in total. The third-order valence-corrected chi connectivity index (χ3v) is 8.42. The van der Waals surface area contributed by atoms with E-state index >= 15 is 0 Å². The molecule has 47 heavy (non-hydrogen) atoms. The van der Waals surface area contributed by atoms with Gasteiger partial charge < -0.3 is 31.9 Å². The van der Waals surface area contributed by atoms with Crippen molar-refractivity contribution in [1.29, 1.82) is 0 Å². The fourth-order valence-electron chi connectivity index (χ4n) is 5.00. The summed E-state index contributed by atoms with van der Waals surface area (Å²) >= 11 is 0. The Labute approximate surface area is 280 Å². The molecule has 0 saturated heterocycles. The molecule has 13 heteroatoms. The molecule has 1 rings (SSSR count). The molecule has 0 aliphatic carbocycles. The molecule has 0 fully saturated rings. The van der Waals surface area contributed by atoms with Crippen LogP contribution in [0.15, 0.2) is 24.5 Å². The first-order valence-corrected chi connectivity index (χ1v) is 17.0. The number of hydrogen-bond donors (Lipinski definition) is 7. The van der Waals surface area contributed by atoms with Crippen LogP contribution < -0.4 is 36.6 Å². The molecule has 7 N–H and O–H groups in total. The number of likely N-dealkylation sites (N-methyl/N-ethyl adjacent to an activating group) is 1. The van der Waals surface area contributed by atoms with Crippen LogP contribution >= 0.6 is 0 Å². The van der Waals surface area contributed by atoms with Crippen molar-refractivity contribution in [2.45, 2.75) is 119 Å². The number of nitrogens with one attached hydrogen (secondary N) is 6. The molecule has 5 amide bonds. The molecule has 7 atom stereocenters. The molecular weight excluding hydrogens is 602 g/mol. The maximum Gasteiger partial charge on any atom is 0.252 e. The second kappa shape index (κ2) is 20.5. The SMILES string of the molecule is CCNC(=O)C(NC(=O)[C@H](C)NCC(CC(C)C)NC(=O)[C@@H](NC(=O)C(NC(=O)c1cc[n+](O)cc1)[C@@H](C)CC)C(C)CC)C(C)C. The molecule has 0 aliphatic heterocycles. The molecule has 0 saturated carbocycles. The third-order valence-electron chi connectivity index (χ3n) is 8.42. The topological polar surface area (TPSA) is 182 Å². The first-order valence-electron chi connectivity index (χ1n) is 17.0. The fraction of sp³-hybridized carbons (Fsp3) is 0.706. The third kappa shape index (κ3) is 13.9. The lowest BCUT2D eigenvalue weighted by molar-refractivity contribution is -0.904. The summed E-state index contributed by atoms with van der Waals surface area (Å²) in [6.07, 6.45) is 4.50. The van der Waals surface area contributed by atoms with Crippen LogP contribution in [0.1, 0.15) is 98.9 Å². The lowest BCUT2D eigenvalue weighted by atomic mass is 9.94. The first kappa shape index (κ1) is 41.3. The lowest BCUT2D eigenvalue weighted by Gasteiger charge is -2.31. The average molecular weight is 663 g/mol. The van der Waals surface area contributed by atoms with Crippen molar-refractivity contribution in [3.63, 3.8) is 0 Å². The molecular formula is C34H60N7O6+. The number of carbonyl (C=O) groups is 5. The molecule has 0 aliphatic rings. The van der Waals surface area contributed by atoms with E-state index in [2.05, 4.69) is 31.9 Å². The Morgan fingerprint density at radius 2 is 1.21 bits per heavy atom. The van der Waals surface area contributed by atoms with Crippen molar-refractivity contribution in [2.75, 3.05) is 13.1 Å². The van der Waals surface area contributed by atoms with Crippen molar-refractivity contribution in [1.82, 2.24) is 31.9 Å². The minimum absolute atomic E-state index is 0.0986. The zero-order valence-corrected chi connectivity index (χ0v) is 30.0. The summed E-state index contributed by atoms with van der Waals surface area (Å²) in [6.45, 7) is 19.7. The van der Waals surface area contributed by atoms with E-state index in [0.29, 0.717) is 32.4 Å². The van der Waals surface area contributed by atoms with Gasteiger partial charge in [-0.1, -0.05) is 68.2 Å². The molecule has 0 aromatic carbocycles. The number of pyridine rings is 1. The van der Waals surface area contributed by atoms with Crippen LogP contribution in [-0.4, -0.2) is 78.0 Å². The van der Waals surface area contributed by atoms with Gasteiger partial charge in [-0.05, 0) is 43.9 Å². The highest BCUT2D eigenvalue weighted by Gasteiger charge is 2.33. The van der Waals surface area contributed by atoms with Gasteiger partial charge in [0.25, 0.3) is 5.91 Å². The highest BCUT2D eigenvalue weighted by molar-refractivity contribution is 5.98. The Bertz CT molecular complexity index is 1160. The number of carbonyl (C=O) groups excluding carboxylic acids is 5. The van der Waals surface area contributed by atoms with E-state index < -0.39 is 36.0 Å². The van der Waals surface area contributed by atoms with Crippen molar-refractivity contribution in [2.24, 2.45) is 23.7 Å². The largest absolute Gasteiger partial charge is 0.355 e. The number of rotatable bonds is 20. The highest BCUT2D eigenvalue weighted by atomic mass is 16.5. The van der Waals surface area contributed by atoms with Crippen LogP contribution in [0.2, 0.25) is 0 Å². The standard InChI is InChI=1S/C34H59N7O6/c1-11-22(8)28(40-34(46)29(23(9)12-2)39-31(43)25-14-16-41(47)17-15-25)33(45)37-26(18-20(4)5)19-36-24(10)30(42)38-27(21(6)7)32(44)35-13-3/h14-17,20-24,26-29,36H,11-13,18-19H2,1-10H3,(H5-,35,37,38,39,40,42,43,44,45,46,47)/p+1/t22?,23-,24-,26?,27?,28-,29?/m0/s1. The minimum Gasteiger partial charge on any atom is -0.355 e. The zero-order valence-electron chi connectivity index (χ0n) is 30.0. The molecule has 266 valence electrons. The fourth-order valence-corrected chi connectivity index (χ4v) is 5.00. The molecule has 1 aromatic rings. The van der Waals surface area contributed by atoms with Gasteiger partial charge in [-0.2, -0.15) is 0 Å². The van der Waals surface area contributed by atoms with Gasteiger partial charge >= 0.3 is 0 Å². The number of hydrogen-bond acceptors (Lipinski definition) is 7. The van der Waals surface area contributed by atoms with Crippen molar-refractivity contribution < 1.29 is 33.9 Å². The number of aromatic nitrogens is 1. The van der Waals surface area contributed by atoms with E-state index in [4.69, 9.17) is 0 Å². The van der Waals surface area contributed by atoms with Crippen LogP contribution in [-0.2, 0) is 19.2 Å². The Morgan fingerprint density at radius 1 is 0.702 bits per heavy atom. The van der Waals surface area contributed by atoms with E-state index in [0.717, 1.165) is 4.73 Å². The highest BCUT2D eigenvalue weighted by Crippen LogP contribution is 2.14. The quantitative estimate of drug-likeness (QED) is 0.0819. The van der Waals surface area contributed by atoms with Gasteiger partial charge in [-0.15, -0.1) is 0 Å². The second-order valence-corrected chi connectivity index (χ2v) is 13.3. The smallest absolute Gasteiger partial charge is 0.252 e. The number of nitrogens with zero attached hydrogens (tertiary/aromatic N) is 1. The normalized spacial score (nSPS) is 15.8. The summed E-state index contributed by atoms with van der Waals surface area (Å²) in [6, 6.07) is -0.514. The summed E-state index contributed by atoms with van der Waals surface area (Å²) in [5, 5.41) is 27.1. The van der Waals surface area contributed by atoms with Crippen LogP contribution in [0, 0.1) is 23.7 Å². The van der Waals surface area contributed by atoms with Gasteiger partial charge in [0.2, 0.25) is 36.0 Å². The first-order chi connectivity index (χ1) is 22.1. The number of amides is 5. The molecule has 4 unspecified atom stereocenters. The Balaban J connectivity index is 3.05. The predicted molar refractivity (Wildman–Crippen MR) is 180 cm³/mol. The van der Waals surface area contributed by atoms with Crippen LogP contribution in [0.25, 0.3) is 0 Å². The van der Waals surface area contributed by atoms with Crippen molar-refractivity contribution in [3.05, 3.63) is 30.1 Å². The molecule has 0 spiro atoms. The Hall–Kier alpha value is -3.74. The predicted octanol–water partition coefficient (Wildman–Crippen LogP) is 1.67. The second-order valence-electron chi connectivity index (χ2n) is 13.3. The van der Waals surface area contributed by atoms with Crippen molar-refractivity contribution >= 4 is 29.5 Å². The van der Waals surface area contributed by atoms with E-state index in [1.807, 2.05) is 62.3 Å². The van der Waals surface area contributed by atoms with Gasteiger partial charge in [0.05, 0.1) is 11.6 Å². The lowest BCUT2D eigenvalue weighted by Crippen LogP contribution is -2.59. The van der Waals surface area contributed by atoms with Gasteiger partial charge in [0, 0.05) is 36.0 Å². The van der Waals surface area contributed by atoms with Gasteiger partial charge in [-0.25, -0.2) is 0 Å². The van der Waals surface area contributed by atoms with Gasteiger partial charge in [0.15, 0.2) is 0 Å². The maximum absolute atomic E-state index is 13.8. The van der Waals surface area contributed by atoms with Crippen LogP contribution in [0.5, 0.6) is 0 Å². The van der Waals surface area contributed by atoms with Crippen molar-refractivity contribution in [3.8, 4) is 0 Å². The summed E-state index contributed by atoms with van der Waals surface area (Å²) < 4.78 is 0.819. The average Bonchev–Trinajstić information content (AvgIpc) is 3.02. The summed E-state index contributed by atoms with van der Waals surface area (Å²) in [5.41, 5.74) is 0.281. The monoisotopic (exact) mass is 662 g/mol. The Kier molecular flexibility index (Phi) is 18.0. The van der Waals surface area contributed by atoms with Gasteiger partial charge in [0.1, 0.15) is 18.1 Å². The molecule has 0 radical (unpaired) electrons. The van der Waals surface area contributed by atoms with Crippen LogP contribution in [0.3, 0.4) is 0 Å². The summed E-state index contributed by atoms with van der Waals surface area (Å²) in [5.74, 6) is -2.13. The van der Waals surface area contributed by atoms with Gasteiger partial charge in [-0.3, -0.25) is 29.2 Å².